The van der Waals surface area contributed by atoms with Crippen molar-refractivity contribution < 1.29 is 9.60 Å². The average Bonchev–Trinajstić information content (AvgIpc) is 2.81. The summed E-state index contributed by atoms with van der Waals surface area (Å²) in [5.74, 6) is 0. The Hall–Kier alpha value is -0.630. The third-order valence-corrected chi connectivity index (χ3v) is 3.74. The maximum atomic E-state index is 2.41. The lowest BCUT2D eigenvalue weighted by Crippen LogP contribution is -3.01. The Morgan fingerprint density at radius 2 is 1.47 bits per heavy atom. The van der Waals surface area contributed by atoms with Gasteiger partial charge in [0, 0.05) is 11.6 Å². The first kappa shape index (κ1) is 18.4. The van der Waals surface area contributed by atoms with Gasteiger partial charge in [-0.25, -0.2) is 0 Å². The third kappa shape index (κ3) is 8.99. The first-order valence-electron chi connectivity index (χ1n) is 8.11. The van der Waals surface area contributed by atoms with E-state index >= 15 is 0 Å². The van der Waals surface area contributed by atoms with Gasteiger partial charge in [-0.15, -0.1) is 0 Å². The molecular weight excluding hydrogens is 237 g/mol. The van der Waals surface area contributed by atoms with Gasteiger partial charge >= 0.3 is 0 Å². The molecule has 0 spiro atoms. The molecule has 0 bridgehead atoms. The predicted octanol–water partition coefficient (Wildman–Crippen LogP) is 1.23. The Bertz CT molecular complexity index is 258. The van der Waals surface area contributed by atoms with Crippen LogP contribution >= 0.6 is 0 Å². The Balaban J connectivity index is 0.00000324. The van der Waals surface area contributed by atoms with E-state index in [0.717, 1.165) is 0 Å². The van der Waals surface area contributed by atoms with Gasteiger partial charge < -0.3 is 4.70 Å². The Morgan fingerprint density at radius 3 is 2.11 bits per heavy atom. The van der Waals surface area contributed by atoms with Crippen molar-refractivity contribution in [1.29, 1.82) is 0 Å². The van der Waals surface area contributed by atoms with Gasteiger partial charge in [0.05, 0.1) is 12.7 Å². The van der Waals surface area contributed by atoms with E-state index in [4.69, 9.17) is 0 Å². The molecule has 1 aliphatic rings. The van der Waals surface area contributed by atoms with Crippen LogP contribution in [0.5, 0.6) is 0 Å². The van der Waals surface area contributed by atoms with Gasteiger partial charge in [0.25, 0.3) is 0 Å². The summed E-state index contributed by atoms with van der Waals surface area (Å²) in [7, 11) is 0. The minimum Gasteiger partial charge on any atom is -1.00 e. The van der Waals surface area contributed by atoms with Crippen molar-refractivity contribution in [2.24, 2.45) is 0 Å². The number of halogens is 1. The fourth-order valence-electron chi connectivity index (χ4n) is 2.61. The number of unbranched alkanes of at least 4 members (excludes halogenated alkanes) is 7. The standard InChI is InChI=1S/C17H31N.FH/c1-3-5-6-7-8-9-10-11-14-18-15-13-17(16-18)12-4-2;/h13,15-16H,3-12,14H2,1-2H3;1H. The van der Waals surface area contributed by atoms with Crippen molar-refractivity contribution in [2.75, 3.05) is 6.54 Å². The molecule has 0 saturated heterocycles. The number of nitrogens with one attached hydrogen (secondary N) is 1. The van der Waals surface area contributed by atoms with Crippen molar-refractivity contribution >= 4 is 0 Å². The van der Waals surface area contributed by atoms with E-state index in [1.165, 1.54) is 76.3 Å². The highest BCUT2D eigenvalue weighted by Crippen LogP contribution is 2.08. The Kier molecular flexibility index (Phi) is 12.0. The van der Waals surface area contributed by atoms with Crippen molar-refractivity contribution in [3.8, 4) is 0 Å². The minimum absolute atomic E-state index is 0. The Morgan fingerprint density at radius 1 is 0.842 bits per heavy atom. The summed E-state index contributed by atoms with van der Waals surface area (Å²) >= 11 is 0. The molecule has 1 unspecified atom stereocenters. The topological polar surface area (TPSA) is 4.44 Å². The number of quaternary nitrogens is 1. The van der Waals surface area contributed by atoms with Crippen LogP contribution in [0.4, 0.5) is 0 Å². The Labute approximate surface area is 119 Å². The third-order valence-electron chi connectivity index (χ3n) is 3.74. The van der Waals surface area contributed by atoms with E-state index in [0.29, 0.717) is 0 Å². The molecule has 1 heterocycles. The second kappa shape index (κ2) is 12.4. The number of allylic oxidation sites excluding steroid dienone is 2. The van der Waals surface area contributed by atoms with Crippen molar-refractivity contribution in [1.82, 2.24) is 0 Å². The van der Waals surface area contributed by atoms with Crippen LogP contribution < -0.4 is 9.60 Å². The second-order valence-corrected chi connectivity index (χ2v) is 5.60. The highest BCUT2D eigenvalue weighted by Gasteiger charge is 2.09. The fraction of sp³-hybridized carbons (Fsp3) is 0.765. The predicted molar refractivity (Wildman–Crippen MR) is 80.6 cm³/mol. The maximum Gasteiger partial charge on any atom is 0.102 e. The molecule has 1 atom stereocenters. The highest BCUT2D eigenvalue weighted by atomic mass is 19.0. The van der Waals surface area contributed by atoms with Crippen LogP contribution in [0.15, 0.2) is 24.0 Å². The molecule has 1 nitrogen and oxygen atoms in total. The first-order chi connectivity index (χ1) is 8.86. The zero-order valence-corrected chi connectivity index (χ0v) is 12.9. The molecule has 1 aliphatic heterocycles. The van der Waals surface area contributed by atoms with Crippen LogP contribution in [-0.2, 0) is 0 Å². The lowest BCUT2D eigenvalue weighted by molar-refractivity contribution is -0.788. The van der Waals surface area contributed by atoms with Crippen molar-refractivity contribution in [3.05, 3.63) is 24.0 Å². The largest absolute Gasteiger partial charge is 1.00 e. The molecular formula is C17H32FN. The molecule has 0 radical (unpaired) electrons. The van der Waals surface area contributed by atoms with E-state index in [1.807, 2.05) is 0 Å². The van der Waals surface area contributed by atoms with E-state index < -0.39 is 0 Å². The van der Waals surface area contributed by atoms with Gasteiger partial charge in [-0.3, -0.25) is 4.90 Å². The molecule has 1 N–H and O–H groups in total. The quantitative estimate of drug-likeness (QED) is 0.538. The number of hydrogen-bond acceptors (Lipinski definition) is 0. The average molecular weight is 269 g/mol. The van der Waals surface area contributed by atoms with Crippen LogP contribution in [0.3, 0.4) is 0 Å². The van der Waals surface area contributed by atoms with E-state index in [1.54, 1.807) is 4.90 Å². The van der Waals surface area contributed by atoms with Gasteiger partial charge in [-0.05, 0) is 19.3 Å². The molecule has 0 aliphatic carbocycles. The molecule has 0 aromatic heterocycles. The molecule has 0 saturated carbocycles. The first-order valence-corrected chi connectivity index (χ1v) is 8.11. The number of hydrogen-bond donors (Lipinski definition) is 1. The summed E-state index contributed by atoms with van der Waals surface area (Å²) in [5.41, 5.74) is 1.53. The molecule has 0 aromatic carbocycles. The lowest BCUT2D eigenvalue weighted by Gasteiger charge is -2.06. The summed E-state index contributed by atoms with van der Waals surface area (Å²) in [6.07, 6.45) is 20.9. The van der Waals surface area contributed by atoms with Gasteiger partial charge in [0.15, 0.2) is 0 Å². The fourth-order valence-corrected chi connectivity index (χ4v) is 2.61. The molecule has 0 fully saturated rings. The highest BCUT2D eigenvalue weighted by molar-refractivity contribution is 5.17. The van der Waals surface area contributed by atoms with Gasteiger partial charge in [-0.1, -0.05) is 58.8 Å². The van der Waals surface area contributed by atoms with Crippen molar-refractivity contribution in [3.63, 3.8) is 0 Å². The second-order valence-electron chi connectivity index (χ2n) is 5.60. The zero-order chi connectivity index (χ0) is 13.1. The van der Waals surface area contributed by atoms with Gasteiger partial charge in [0.1, 0.15) is 6.20 Å². The molecule has 0 aromatic rings. The molecule has 1 rings (SSSR count). The summed E-state index contributed by atoms with van der Waals surface area (Å²) in [6, 6.07) is 0. The van der Waals surface area contributed by atoms with Crippen LogP contribution in [-0.4, -0.2) is 6.54 Å². The number of rotatable bonds is 11. The summed E-state index contributed by atoms with van der Waals surface area (Å²) in [5, 5.41) is 0. The minimum atomic E-state index is 0. The zero-order valence-electron chi connectivity index (χ0n) is 12.9. The smallest absolute Gasteiger partial charge is 0.102 e. The van der Waals surface area contributed by atoms with Crippen LogP contribution in [0, 0.1) is 0 Å². The van der Waals surface area contributed by atoms with Crippen LogP contribution in [0.1, 0.15) is 78.1 Å². The monoisotopic (exact) mass is 269 g/mol. The summed E-state index contributed by atoms with van der Waals surface area (Å²) < 4.78 is 0. The summed E-state index contributed by atoms with van der Waals surface area (Å²) in [6.45, 7) is 5.83. The van der Waals surface area contributed by atoms with E-state index in [-0.39, 0.29) is 4.70 Å². The van der Waals surface area contributed by atoms with Crippen molar-refractivity contribution in [2.45, 2.75) is 78.1 Å². The van der Waals surface area contributed by atoms with Crippen LogP contribution in [0.25, 0.3) is 0 Å². The normalized spacial score (nSPS) is 17.4. The molecule has 112 valence electrons. The van der Waals surface area contributed by atoms with E-state index in [2.05, 4.69) is 32.3 Å². The van der Waals surface area contributed by atoms with E-state index in [9.17, 15) is 0 Å². The maximum absolute atomic E-state index is 2.41. The summed E-state index contributed by atoms with van der Waals surface area (Å²) in [4.78, 5) is 1.56. The van der Waals surface area contributed by atoms with Gasteiger partial charge in [0.2, 0.25) is 0 Å². The van der Waals surface area contributed by atoms with Gasteiger partial charge in [-0.2, -0.15) is 0 Å². The molecule has 2 heteroatoms. The SMILES string of the molecule is CCCCCCCCCC[NH+]1C=CC(CCC)=C1.[F-]. The molecule has 19 heavy (non-hydrogen) atoms. The van der Waals surface area contributed by atoms with Crippen LogP contribution in [0.2, 0.25) is 0 Å². The lowest BCUT2D eigenvalue weighted by atomic mass is 10.1. The molecule has 0 amide bonds.